The minimum absolute atomic E-state index is 0.0901. The minimum Gasteiger partial charge on any atom is -0.463 e. The van der Waals surface area contributed by atoms with Crippen LogP contribution in [-0.2, 0) is 55.8 Å². The van der Waals surface area contributed by atoms with Crippen molar-refractivity contribution in [3.05, 3.63) is 158 Å². The summed E-state index contributed by atoms with van der Waals surface area (Å²) < 4.78 is 61.6. The molecule has 0 heterocycles. The molecule has 0 aromatic rings. The van der Waals surface area contributed by atoms with Gasteiger partial charge in [0.1, 0.15) is 25.4 Å². The summed E-state index contributed by atoms with van der Waals surface area (Å²) >= 11 is 0. The zero-order chi connectivity index (χ0) is 89.3. The van der Waals surface area contributed by atoms with Gasteiger partial charge in [-0.05, 0) is 154 Å². The molecular weight excluding hydrogens is 1580 g/mol. The number of ether oxygens (including phenoxy) is 3. The highest BCUT2D eigenvalue weighted by Crippen LogP contribution is 2.45. The molecule has 708 valence electrons. The normalized spacial score (nSPS) is 14.4. The number of unbranched alkanes of at least 4 members (excludes halogenated alkanes) is 45. The number of aliphatic hydroxyl groups is 2. The topological polar surface area (TPSA) is 231 Å². The van der Waals surface area contributed by atoms with Crippen LogP contribution in [0, 0.1) is 0 Å². The summed E-state index contributed by atoms with van der Waals surface area (Å²) in [5, 5.41) is 20.8. The molecule has 0 saturated carbocycles. The third-order valence-corrected chi connectivity index (χ3v) is 23.1. The number of phosphoric ester groups is 2. The third-order valence-electron chi connectivity index (χ3n) is 21.2. The van der Waals surface area contributed by atoms with E-state index >= 15 is 0 Å². The van der Waals surface area contributed by atoms with Gasteiger partial charge in [-0.3, -0.25) is 32.5 Å². The van der Waals surface area contributed by atoms with Crippen LogP contribution in [0.2, 0.25) is 0 Å². The van der Waals surface area contributed by atoms with Crippen molar-refractivity contribution in [1.82, 2.24) is 0 Å². The van der Waals surface area contributed by atoms with Crippen LogP contribution in [0.15, 0.2) is 158 Å². The smallest absolute Gasteiger partial charge is 0.463 e. The molecule has 0 spiro atoms. The predicted molar refractivity (Wildman–Crippen MR) is 519 cm³/mol. The number of allylic oxidation sites excluding steroid dienone is 26. The molecular formula is C105H182O16P2. The van der Waals surface area contributed by atoms with Crippen molar-refractivity contribution in [1.29, 1.82) is 0 Å². The molecule has 0 bridgehead atoms. The zero-order valence-electron chi connectivity index (χ0n) is 78.3. The molecule has 5 atom stereocenters. The summed E-state index contributed by atoms with van der Waals surface area (Å²) in [6.07, 6.45) is 124. The van der Waals surface area contributed by atoms with E-state index in [9.17, 15) is 43.5 Å². The predicted octanol–water partition coefficient (Wildman–Crippen LogP) is 31.2. The van der Waals surface area contributed by atoms with Crippen LogP contribution in [0.1, 0.15) is 432 Å². The molecule has 0 aliphatic carbocycles. The number of hydrogen-bond acceptors (Lipinski definition) is 14. The van der Waals surface area contributed by atoms with Gasteiger partial charge in [-0.15, -0.1) is 0 Å². The maximum atomic E-state index is 13.1. The number of phosphoric acid groups is 2. The largest absolute Gasteiger partial charge is 0.472 e. The molecule has 0 saturated heterocycles. The van der Waals surface area contributed by atoms with Crippen LogP contribution >= 0.6 is 15.6 Å². The van der Waals surface area contributed by atoms with E-state index in [4.69, 9.17) is 32.3 Å². The van der Waals surface area contributed by atoms with Gasteiger partial charge in [-0.2, -0.15) is 0 Å². The van der Waals surface area contributed by atoms with E-state index in [2.05, 4.69) is 179 Å². The summed E-state index contributed by atoms with van der Waals surface area (Å²) in [5.41, 5.74) is 0. The zero-order valence-corrected chi connectivity index (χ0v) is 80.1. The molecule has 18 heteroatoms. The van der Waals surface area contributed by atoms with E-state index < -0.39 is 91.5 Å². The lowest BCUT2D eigenvalue weighted by Gasteiger charge is -2.21. The first-order valence-corrected chi connectivity index (χ1v) is 52.8. The Labute approximate surface area is 752 Å². The lowest BCUT2D eigenvalue weighted by atomic mass is 10.0. The molecule has 0 aromatic carbocycles. The van der Waals surface area contributed by atoms with E-state index in [0.29, 0.717) is 19.3 Å². The van der Waals surface area contributed by atoms with Crippen molar-refractivity contribution in [2.24, 2.45) is 0 Å². The van der Waals surface area contributed by atoms with Crippen LogP contribution in [0.5, 0.6) is 0 Å². The van der Waals surface area contributed by atoms with Gasteiger partial charge in [0.05, 0.1) is 26.4 Å². The molecule has 5 unspecified atom stereocenters. The number of esters is 3. The fourth-order valence-corrected chi connectivity index (χ4v) is 15.3. The Kier molecular flexibility index (Phi) is 92.5. The maximum absolute atomic E-state index is 13.1. The Morgan fingerprint density at radius 2 is 0.431 bits per heavy atom. The van der Waals surface area contributed by atoms with Crippen molar-refractivity contribution in [2.45, 2.75) is 450 Å². The highest BCUT2D eigenvalue weighted by atomic mass is 31.2. The number of carbonyl (C=O) groups excluding carboxylic acids is 3. The highest BCUT2D eigenvalue weighted by molar-refractivity contribution is 7.47. The number of hydrogen-bond donors (Lipinski definition) is 4. The van der Waals surface area contributed by atoms with Crippen LogP contribution in [-0.4, -0.2) is 95.9 Å². The first-order valence-electron chi connectivity index (χ1n) is 49.8. The Hall–Kier alpha value is -4.83. The number of aliphatic hydroxyl groups excluding tert-OH is 2. The molecule has 0 aromatic heterocycles. The number of rotatable bonds is 94. The van der Waals surface area contributed by atoms with Crippen LogP contribution in [0.3, 0.4) is 0 Å². The fraction of sp³-hybridized carbons (Fsp3) is 0.724. The molecule has 16 nitrogen and oxygen atoms in total. The summed E-state index contributed by atoms with van der Waals surface area (Å²) in [5.74, 6) is -1.57. The third kappa shape index (κ3) is 97.6. The van der Waals surface area contributed by atoms with Gasteiger partial charge in [0.15, 0.2) is 6.10 Å². The number of carbonyl (C=O) groups is 3. The Bertz CT molecular complexity index is 2870. The molecule has 0 rings (SSSR count). The van der Waals surface area contributed by atoms with Gasteiger partial charge in [-0.25, -0.2) is 9.13 Å². The summed E-state index contributed by atoms with van der Waals surface area (Å²) in [6.45, 7) is 2.57. The minimum atomic E-state index is -4.95. The molecule has 0 aliphatic heterocycles. The van der Waals surface area contributed by atoms with Crippen molar-refractivity contribution >= 4 is 33.6 Å². The maximum Gasteiger partial charge on any atom is 0.472 e. The molecule has 4 N–H and O–H groups in total. The lowest BCUT2D eigenvalue weighted by Crippen LogP contribution is -2.30. The van der Waals surface area contributed by atoms with E-state index in [1.807, 2.05) is 0 Å². The van der Waals surface area contributed by atoms with Crippen LogP contribution in [0.4, 0.5) is 0 Å². The molecule has 0 amide bonds. The van der Waals surface area contributed by atoms with Crippen molar-refractivity contribution in [3.8, 4) is 0 Å². The van der Waals surface area contributed by atoms with Gasteiger partial charge in [0.2, 0.25) is 0 Å². The second-order valence-corrected chi connectivity index (χ2v) is 36.1. The van der Waals surface area contributed by atoms with Crippen molar-refractivity contribution in [3.63, 3.8) is 0 Å². The molecule has 123 heavy (non-hydrogen) atoms. The van der Waals surface area contributed by atoms with E-state index in [1.54, 1.807) is 0 Å². The van der Waals surface area contributed by atoms with Crippen molar-refractivity contribution < 1.29 is 75.8 Å². The van der Waals surface area contributed by atoms with Gasteiger partial charge in [0.25, 0.3) is 0 Å². The SMILES string of the molecule is CC/C=C\C/C=C\C/C=C\C/C=C\C/C=C\CCCCCCCCCCCCCCCCCC(=O)OCC(COP(=O)(O)OCC(O)COP(=O)(O)OCC(O)COC(=O)CCCCCCCCCCCCCCCCCCC/C=C\C/C=C\C/C=C\C/C=C\CCCCC)OC(=O)CCCCCCCCC/C=C\C/C=C\C/C=C\C/C=C\CCCCC. The summed E-state index contributed by atoms with van der Waals surface area (Å²) in [7, 11) is -9.82. The van der Waals surface area contributed by atoms with Gasteiger partial charge in [-0.1, -0.05) is 416 Å². The summed E-state index contributed by atoms with van der Waals surface area (Å²) in [4.78, 5) is 59.1. The lowest BCUT2D eigenvalue weighted by molar-refractivity contribution is -0.161. The van der Waals surface area contributed by atoms with Gasteiger partial charge in [0, 0.05) is 19.3 Å². The molecule has 0 fully saturated rings. The van der Waals surface area contributed by atoms with E-state index in [0.717, 1.165) is 154 Å². The summed E-state index contributed by atoms with van der Waals surface area (Å²) in [6, 6.07) is 0. The molecule has 0 radical (unpaired) electrons. The Morgan fingerprint density at radius 3 is 0.683 bits per heavy atom. The highest BCUT2D eigenvalue weighted by Gasteiger charge is 2.30. The van der Waals surface area contributed by atoms with Crippen molar-refractivity contribution in [2.75, 3.05) is 39.6 Å². The first kappa shape index (κ1) is 118. The second-order valence-electron chi connectivity index (χ2n) is 33.2. The van der Waals surface area contributed by atoms with Gasteiger partial charge >= 0.3 is 33.6 Å². The average Bonchev–Trinajstić information content (AvgIpc) is 0.912. The van der Waals surface area contributed by atoms with Gasteiger partial charge < -0.3 is 34.2 Å². The van der Waals surface area contributed by atoms with Crippen LogP contribution in [0.25, 0.3) is 0 Å². The first-order chi connectivity index (χ1) is 60.2. The fourth-order valence-electron chi connectivity index (χ4n) is 13.7. The van der Waals surface area contributed by atoms with E-state index in [-0.39, 0.29) is 19.3 Å². The Morgan fingerprint density at radius 1 is 0.236 bits per heavy atom. The monoisotopic (exact) mass is 1760 g/mol. The average molecular weight is 1760 g/mol. The molecule has 0 aliphatic rings. The van der Waals surface area contributed by atoms with Crippen LogP contribution < -0.4 is 0 Å². The quantitative estimate of drug-likeness (QED) is 0.0146. The second kappa shape index (κ2) is 96.3. The Balaban J connectivity index is 4.57. The standard InChI is InChI=1S/C105H182O16P2/c1-4-7-10-13-16-19-22-25-28-31-34-37-40-42-44-46-48-49-51-53-54-56-59-61-64-67-70-73-76-79-82-85-88-91-103(108)115-94-100(106)95-117-122(111,112)118-96-101(107)97-119-123(113,114)120-99-102(121-105(110)93-90-87-84-81-78-75-72-69-66-63-58-39-36-33-30-27-24-21-18-15-12-9-6-3)98-116-104(109)92-89-86-83-80-77-74-71-68-65-62-60-57-55-52-50-47-45-43-41-38-35-32-29-26-23-20-17-14-11-8-5-2/h8,11,16-21,25-30,34-39,42-45,63,66,100-102,106-107H,4-7,9-10,12-15,22-24,31-33,40-41,46-62,64-65,67-99H2,1-3H3,(H,111,112)(H,113,114)/b11-8-,19-16-,20-17-,21-18-,28-25-,29-26-,30-27-,37-34-,38-35-,39-36-,44-42-,45-43-,66-63-. The van der Waals surface area contributed by atoms with E-state index in [1.165, 1.54) is 218 Å².